The lowest BCUT2D eigenvalue weighted by atomic mass is 10.7. The van der Waals surface area contributed by atoms with E-state index >= 15 is 0 Å². The van der Waals surface area contributed by atoms with Crippen molar-refractivity contribution < 1.29 is 61.4 Å². The molecule has 0 radical (unpaired) electrons. The van der Waals surface area contributed by atoms with Crippen molar-refractivity contribution in [1.82, 2.24) is 0 Å². The highest BCUT2D eigenvalue weighted by molar-refractivity contribution is 7.42. The van der Waals surface area contributed by atoms with Crippen LogP contribution in [0.4, 0.5) is 0 Å². The monoisotopic (exact) mass is 316 g/mol. The summed E-state index contributed by atoms with van der Waals surface area (Å²) in [6.45, 7) is 3.83. The van der Waals surface area contributed by atoms with Crippen molar-refractivity contribution in [1.29, 1.82) is 0 Å². The van der Waals surface area contributed by atoms with E-state index in [0.717, 1.165) is 26.2 Å². The van der Waals surface area contributed by atoms with Gasteiger partial charge in [-0.05, 0) is 0 Å². The molecule has 0 aromatic carbocycles. The molecule has 0 unspecified atom stereocenters. The number of hydrogen-bond donors (Lipinski definition) is 6. The maximum Gasteiger partial charge on any atom is 0.124 e. The molecule has 12 nitrogen and oxygen atoms in total. The molecule has 0 aromatic heterocycles. The zero-order valence-corrected chi connectivity index (χ0v) is 11.7. The molecule has 0 atom stereocenters. The van der Waals surface area contributed by atoms with Crippen LogP contribution in [0.2, 0.25) is 0 Å². The molecule has 14 heteroatoms. The van der Waals surface area contributed by atoms with Gasteiger partial charge in [-0.1, -0.05) is 0 Å². The van der Waals surface area contributed by atoms with Crippen molar-refractivity contribution >= 4 is 15.6 Å². The van der Waals surface area contributed by atoms with Gasteiger partial charge in [0.15, 0.2) is 0 Å². The number of phosphoric acid groups is 2. The summed E-state index contributed by atoms with van der Waals surface area (Å²) in [5.41, 5.74) is 14.2. The highest BCUT2D eigenvalue weighted by atomic mass is 31.2. The molecular formula is C4H22N4O8P2. The van der Waals surface area contributed by atoms with Gasteiger partial charge in [-0.3, -0.25) is 0 Å². The van der Waals surface area contributed by atoms with Crippen LogP contribution in [0.5, 0.6) is 0 Å². The van der Waals surface area contributed by atoms with Crippen LogP contribution in [0.3, 0.4) is 0 Å². The van der Waals surface area contributed by atoms with Crippen LogP contribution in [0.1, 0.15) is 0 Å². The maximum absolute atomic E-state index is 8.66. The molecule has 0 saturated heterocycles. The van der Waals surface area contributed by atoms with Gasteiger partial charge < -0.3 is 61.4 Å². The van der Waals surface area contributed by atoms with Crippen LogP contribution in [-0.4, -0.2) is 36.0 Å². The molecule has 0 amide bonds. The SMILES string of the molecule is O=P([O-])([O-])O.O=P([O-])([O-])O.[NH3+]CC[NH3+].[NH3+]CC[NH3+]. The molecule has 0 heterocycles. The summed E-state index contributed by atoms with van der Waals surface area (Å²) >= 11 is 0. The van der Waals surface area contributed by atoms with Crippen molar-refractivity contribution in [2.75, 3.05) is 26.2 Å². The third-order valence-corrected chi connectivity index (χ3v) is 0.500. The van der Waals surface area contributed by atoms with Gasteiger partial charge in [0.05, 0.1) is 15.6 Å². The van der Waals surface area contributed by atoms with Gasteiger partial charge >= 0.3 is 0 Å². The Labute approximate surface area is 104 Å². The predicted octanol–water partition coefficient (Wildman–Crippen LogP) is -9.44. The van der Waals surface area contributed by atoms with Gasteiger partial charge in [0, 0.05) is 0 Å². The zero-order chi connectivity index (χ0) is 15.8. The minimum absolute atomic E-state index is 0.958. The normalized spacial score (nSPS) is 9.89. The molecule has 0 saturated carbocycles. The quantitative estimate of drug-likeness (QED) is 0.265. The Balaban J connectivity index is -0.0000000731. The Morgan fingerprint density at radius 2 is 0.722 bits per heavy atom. The highest BCUT2D eigenvalue weighted by Crippen LogP contribution is 2.11. The Kier molecular flexibility index (Phi) is 25.2. The molecule has 0 bridgehead atoms. The molecule has 0 aliphatic heterocycles. The molecule has 116 valence electrons. The Hall–Kier alpha value is 0.0600. The molecule has 0 rings (SSSR count). The minimum atomic E-state index is -5.14. The van der Waals surface area contributed by atoms with Crippen molar-refractivity contribution in [2.45, 2.75) is 0 Å². The van der Waals surface area contributed by atoms with E-state index in [4.69, 9.17) is 38.5 Å². The number of rotatable bonds is 2. The molecule has 0 spiro atoms. The van der Waals surface area contributed by atoms with E-state index in [-0.39, 0.29) is 0 Å². The minimum Gasteiger partial charge on any atom is -0.790 e. The fourth-order valence-electron chi connectivity index (χ4n) is 0. The predicted molar refractivity (Wildman–Crippen MR) is 50.7 cm³/mol. The highest BCUT2D eigenvalue weighted by Gasteiger charge is 1.65. The Morgan fingerprint density at radius 3 is 0.722 bits per heavy atom. The Bertz CT molecular complexity index is 185. The third kappa shape index (κ3) is 858. The second kappa shape index (κ2) is 17.1. The topological polar surface area (TPSA) is 277 Å². The summed E-state index contributed by atoms with van der Waals surface area (Å²) in [6, 6.07) is 0. The fourth-order valence-corrected chi connectivity index (χ4v) is 0. The number of quaternary nitrogens is 4. The van der Waals surface area contributed by atoms with E-state index in [9.17, 15) is 0 Å². The second-order valence-corrected chi connectivity index (χ2v) is 4.23. The lowest BCUT2D eigenvalue weighted by molar-refractivity contribution is -0.453. The van der Waals surface area contributed by atoms with E-state index in [1.54, 1.807) is 0 Å². The van der Waals surface area contributed by atoms with E-state index in [1.807, 2.05) is 0 Å². The molecular weight excluding hydrogens is 294 g/mol. The molecule has 0 fully saturated rings. The first-order valence-corrected chi connectivity index (χ1v) is 7.49. The van der Waals surface area contributed by atoms with Crippen molar-refractivity contribution in [3.05, 3.63) is 0 Å². The lowest BCUT2D eigenvalue weighted by Gasteiger charge is -2.19. The van der Waals surface area contributed by atoms with Gasteiger partial charge in [-0.2, -0.15) is 0 Å². The van der Waals surface area contributed by atoms with Gasteiger partial charge in [-0.15, -0.1) is 0 Å². The van der Waals surface area contributed by atoms with Gasteiger partial charge in [0.2, 0.25) is 0 Å². The average Bonchev–Trinajstić information content (AvgIpc) is 2.12. The largest absolute Gasteiger partial charge is 0.790 e. The summed E-state index contributed by atoms with van der Waals surface area (Å²) < 4.78 is 17.3. The van der Waals surface area contributed by atoms with Gasteiger partial charge in [0.25, 0.3) is 0 Å². The van der Waals surface area contributed by atoms with Gasteiger partial charge in [-0.25, -0.2) is 0 Å². The van der Waals surface area contributed by atoms with E-state index < -0.39 is 15.6 Å². The fraction of sp³-hybridized carbons (Fsp3) is 1.00. The van der Waals surface area contributed by atoms with Crippen LogP contribution >= 0.6 is 15.6 Å². The summed E-state index contributed by atoms with van der Waals surface area (Å²) in [6.07, 6.45) is 0. The maximum atomic E-state index is 8.66. The molecule has 0 aliphatic rings. The van der Waals surface area contributed by atoms with Crippen LogP contribution in [0.25, 0.3) is 0 Å². The van der Waals surface area contributed by atoms with Crippen molar-refractivity contribution in [3.63, 3.8) is 0 Å². The zero-order valence-electron chi connectivity index (χ0n) is 9.90. The first-order valence-electron chi connectivity index (χ1n) is 4.50. The summed E-state index contributed by atoms with van der Waals surface area (Å²) in [7, 11) is -10.3. The molecule has 14 N–H and O–H groups in total. The Morgan fingerprint density at radius 1 is 0.667 bits per heavy atom. The van der Waals surface area contributed by atoms with Crippen LogP contribution < -0.4 is 42.5 Å². The van der Waals surface area contributed by atoms with Crippen LogP contribution in [0.15, 0.2) is 0 Å². The lowest BCUT2D eigenvalue weighted by Crippen LogP contribution is -2.64. The molecule has 0 aliphatic carbocycles. The van der Waals surface area contributed by atoms with Gasteiger partial charge in [0.1, 0.15) is 26.2 Å². The third-order valence-electron chi connectivity index (χ3n) is 0.500. The van der Waals surface area contributed by atoms with Crippen molar-refractivity contribution in [2.24, 2.45) is 0 Å². The molecule has 18 heavy (non-hydrogen) atoms. The summed E-state index contributed by atoms with van der Waals surface area (Å²) in [4.78, 5) is 48.6. The second-order valence-electron chi connectivity index (χ2n) is 2.35. The van der Waals surface area contributed by atoms with Crippen LogP contribution in [0, 0.1) is 0 Å². The average molecular weight is 316 g/mol. The van der Waals surface area contributed by atoms with E-state index in [0.29, 0.717) is 0 Å². The molecule has 0 aromatic rings. The first-order chi connectivity index (χ1) is 7.83. The summed E-state index contributed by atoms with van der Waals surface area (Å²) in [5.74, 6) is 0. The number of hydrogen-bond acceptors (Lipinski definition) is 6. The standard InChI is InChI=1S/2C2H8N2.2H3O4P/c2*3-1-2-4;2*1-5(2,3)4/h2*1-4H2;2*(H3,1,2,3,4). The van der Waals surface area contributed by atoms with E-state index in [2.05, 4.69) is 22.9 Å². The summed E-state index contributed by atoms with van der Waals surface area (Å²) in [5, 5.41) is 0. The smallest absolute Gasteiger partial charge is 0.124 e. The van der Waals surface area contributed by atoms with Crippen LogP contribution in [-0.2, 0) is 9.13 Å². The first kappa shape index (κ1) is 26.6. The van der Waals surface area contributed by atoms with E-state index in [1.165, 1.54) is 0 Å². The van der Waals surface area contributed by atoms with Crippen molar-refractivity contribution in [3.8, 4) is 0 Å².